The lowest BCUT2D eigenvalue weighted by Gasteiger charge is -2.07. The molecule has 9 heavy (non-hydrogen) atoms. The molecule has 2 nitrogen and oxygen atoms in total. The standard InChI is InChI=1S/C7H10O2/c8-5-7-4-2-1-3-6(7)9-7/h1-2,6,8H,3-5H2. The maximum Gasteiger partial charge on any atom is 0.121 e. The Morgan fingerprint density at radius 1 is 1.67 bits per heavy atom. The number of hydrogen-bond acceptors (Lipinski definition) is 2. The van der Waals surface area contributed by atoms with Gasteiger partial charge in [0.2, 0.25) is 0 Å². The zero-order valence-corrected chi connectivity index (χ0v) is 5.21. The van der Waals surface area contributed by atoms with Crippen molar-refractivity contribution in [2.45, 2.75) is 24.5 Å². The summed E-state index contributed by atoms with van der Waals surface area (Å²) in [5.41, 5.74) is -0.144. The van der Waals surface area contributed by atoms with Gasteiger partial charge in [-0.05, 0) is 12.8 Å². The summed E-state index contributed by atoms with van der Waals surface area (Å²) in [6.45, 7) is 0.183. The molecule has 1 N–H and O–H groups in total. The van der Waals surface area contributed by atoms with Crippen LogP contribution in [0.15, 0.2) is 12.2 Å². The first kappa shape index (κ1) is 5.45. The summed E-state index contributed by atoms with van der Waals surface area (Å²) in [5, 5.41) is 8.83. The Morgan fingerprint density at radius 2 is 2.56 bits per heavy atom. The molecule has 0 aromatic heterocycles. The molecule has 0 saturated carbocycles. The van der Waals surface area contributed by atoms with Crippen LogP contribution in [0.3, 0.4) is 0 Å². The lowest BCUT2D eigenvalue weighted by molar-refractivity contribution is 0.173. The summed E-state index contributed by atoms with van der Waals surface area (Å²) < 4.78 is 5.30. The van der Waals surface area contributed by atoms with Gasteiger partial charge >= 0.3 is 0 Å². The Morgan fingerprint density at radius 3 is 3.11 bits per heavy atom. The van der Waals surface area contributed by atoms with E-state index in [-0.39, 0.29) is 12.2 Å². The molecule has 0 aromatic carbocycles. The van der Waals surface area contributed by atoms with Crippen molar-refractivity contribution in [1.29, 1.82) is 0 Å². The van der Waals surface area contributed by atoms with E-state index in [9.17, 15) is 0 Å². The van der Waals surface area contributed by atoms with E-state index >= 15 is 0 Å². The van der Waals surface area contributed by atoms with Crippen molar-refractivity contribution in [2.75, 3.05) is 6.61 Å². The minimum absolute atomic E-state index is 0.144. The van der Waals surface area contributed by atoms with Crippen LogP contribution in [0.25, 0.3) is 0 Å². The number of fused-ring (bicyclic) bond motifs is 1. The smallest absolute Gasteiger partial charge is 0.121 e. The molecule has 0 amide bonds. The van der Waals surface area contributed by atoms with E-state index < -0.39 is 0 Å². The van der Waals surface area contributed by atoms with E-state index in [4.69, 9.17) is 9.84 Å². The number of aliphatic hydroxyl groups excluding tert-OH is 1. The van der Waals surface area contributed by atoms with Crippen LogP contribution in [0.5, 0.6) is 0 Å². The van der Waals surface area contributed by atoms with E-state index in [1.54, 1.807) is 0 Å². The second kappa shape index (κ2) is 1.58. The summed E-state index contributed by atoms with van der Waals surface area (Å²) in [6, 6.07) is 0. The first-order valence-electron chi connectivity index (χ1n) is 3.31. The van der Waals surface area contributed by atoms with Crippen LogP contribution in [-0.4, -0.2) is 23.4 Å². The molecule has 0 spiro atoms. The summed E-state index contributed by atoms with van der Waals surface area (Å²) >= 11 is 0. The monoisotopic (exact) mass is 126 g/mol. The van der Waals surface area contributed by atoms with Gasteiger partial charge in [0.05, 0.1) is 12.7 Å². The molecule has 2 unspecified atom stereocenters. The summed E-state index contributed by atoms with van der Waals surface area (Å²) in [6.07, 6.45) is 6.41. The fourth-order valence-electron chi connectivity index (χ4n) is 1.40. The van der Waals surface area contributed by atoms with Crippen molar-refractivity contribution < 1.29 is 9.84 Å². The molecule has 1 heterocycles. The van der Waals surface area contributed by atoms with Gasteiger partial charge in [0.1, 0.15) is 5.60 Å². The molecule has 2 heteroatoms. The highest BCUT2D eigenvalue weighted by atomic mass is 16.6. The third-order valence-electron chi connectivity index (χ3n) is 2.15. The SMILES string of the molecule is OCC12CC=CCC1O2. The number of rotatable bonds is 1. The quantitative estimate of drug-likeness (QED) is 0.409. The first-order valence-corrected chi connectivity index (χ1v) is 3.31. The minimum atomic E-state index is -0.144. The zero-order chi connectivity index (χ0) is 6.32. The highest BCUT2D eigenvalue weighted by Gasteiger charge is 2.55. The highest BCUT2D eigenvalue weighted by Crippen LogP contribution is 2.44. The van der Waals surface area contributed by atoms with Crippen LogP contribution in [0, 0.1) is 0 Å². The molecule has 0 radical (unpaired) electrons. The molecule has 2 atom stereocenters. The summed E-state index contributed by atoms with van der Waals surface area (Å²) in [7, 11) is 0. The van der Waals surface area contributed by atoms with Crippen LogP contribution >= 0.6 is 0 Å². The van der Waals surface area contributed by atoms with Gasteiger partial charge in [0.15, 0.2) is 0 Å². The molecule has 2 rings (SSSR count). The van der Waals surface area contributed by atoms with Crippen LogP contribution in [-0.2, 0) is 4.74 Å². The van der Waals surface area contributed by atoms with Crippen LogP contribution < -0.4 is 0 Å². The fourth-order valence-corrected chi connectivity index (χ4v) is 1.40. The maximum atomic E-state index is 8.83. The third kappa shape index (κ3) is 0.635. The Bertz CT molecular complexity index is 153. The molecule has 2 aliphatic rings. The first-order chi connectivity index (χ1) is 4.37. The van der Waals surface area contributed by atoms with Crippen molar-refractivity contribution in [3.63, 3.8) is 0 Å². The summed E-state index contributed by atoms with van der Waals surface area (Å²) in [4.78, 5) is 0. The second-order valence-corrected chi connectivity index (χ2v) is 2.74. The van der Waals surface area contributed by atoms with Crippen molar-refractivity contribution in [3.05, 3.63) is 12.2 Å². The van der Waals surface area contributed by atoms with E-state index in [0.717, 1.165) is 12.8 Å². The second-order valence-electron chi connectivity index (χ2n) is 2.74. The number of aliphatic hydroxyl groups is 1. The molecule has 1 aliphatic heterocycles. The summed E-state index contributed by atoms with van der Waals surface area (Å²) in [5.74, 6) is 0. The lowest BCUT2D eigenvalue weighted by atomic mass is 9.95. The predicted octanol–water partition coefficient (Wildman–Crippen LogP) is 0.466. The van der Waals surface area contributed by atoms with Crippen LogP contribution in [0.4, 0.5) is 0 Å². The van der Waals surface area contributed by atoms with Gasteiger partial charge in [0.25, 0.3) is 0 Å². The molecular formula is C7H10O2. The van der Waals surface area contributed by atoms with E-state index in [1.165, 1.54) is 0 Å². The molecule has 0 aromatic rings. The maximum absolute atomic E-state index is 8.83. The number of epoxide rings is 1. The van der Waals surface area contributed by atoms with Gasteiger partial charge in [-0.1, -0.05) is 12.2 Å². The van der Waals surface area contributed by atoms with Crippen LogP contribution in [0.2, 0.25) is 0 Å². The Labute approximate surface area is 54.1 Å². The molecule has 1 saturated heterocycles. The number of ether oxygens (including phenoxy) is 1. The van der Waals surface area contributed by atoms with Gasteiger partial charge in [0, 0.05) is 0 Å². The Hall–Kier alpha value is -0.340. The minimum Gasteiger partial charge on any atom is -0.393 e. The van der Waals surface area contributed by atoms with E-state index in [0.29, 0.717) is 6.10 Å². The van der Waals surface area contributed by atoms with Crippen molar-refractivity contribution in [1.82, 2.24) is 0 Å². The predicted molar refractivity (Wildman–Crippen MR) is 33.1 cm³/mol. The fraction of sp³-hybridized carbons (Fsp3) is 0.714. The Kier molecular flexibility index (Phi) is 0.957. The largest absolute Gasteiger partial charge is 0.393 e. The molecule has 50 valence electrons. The van der Waals surface area contributed by atoms with Crippen LogP contribution in [0.1, 0.15) is 12.8 Å². The third-order valence-corrected chi connectivity index (χ3v) is 2.15. The van der Waals surface area contributed by atoms with Crippen molar-refractivity contribution in [2.24, 2.45) is 0 Å². The normalized spacial score (nSPS) is 46.6. The van der Waals surface area contributed by atoms with Gasteiger partial charge in [-0.3, -0.25) is 0 Å². The highest BCUT2D eigenvalue weighted by molar-refractivity contribution is 5.14. The molecule has 1 fully saturated rings. The molecular weight excluding hydrogens is 116 g/mol. The number of hydrogen-bond donors (Lipinski definition) is 1. The molecule has 1 aliphatic carbocycles. The Balaban J connectivity index is 2.11. The van der Waals surface area contributed by atoms with Crippen molar-refractivity contribution >= 4 is 0 Å². The average Bonchev–Trinajstić information content (AvgIpc) is 2.62. The van der Waals surface area contributed by atoms with Gasteiger partial charge in [-0.15, -0.1) is 0 Å². The van der Waals surface area contributed by atoms with Gasteiger partial charge < -0.3 is 9.84 Å². The zero-order valence-electron chi connectivity index (χ0n) is 5.21. The van der Waals surface area contributed by atoms with Gasteiger partial charge in [-0.25, -0.2) is 0 Å². The average molecular weight is 126 g/mol. The topological polar surface area (TPSA) is 32.8 Å². The van der Waals surface area contributed by atoms with E-state index in [2.05, 4.69) is 12.2 Å². The van der Waals surface area contributed by atoms with E-state index in [1.807, 2.05) is 0 Å². The van der Waals surface area contributed by atoms with Crippen molar-refractivity contribution in [3.8, 4) is 0 Å². The van der Waals surface area contributed by atoms with Gasteiger partial charge in [-0.2, -0.15) is 0 Å². The molecule has 0 bridgehead atoms. The lowest BCUT2D eigenvalue weighted by Crippen LogP contribution is -2.21.